The molecule has 6 fully saturated rings. The zero-order chi connectivity index (χ0) is 34.8. The number of fused-ring (bicyclic) bond motifs is 7. The van der Waals surface area contributed by atoms with Crippen molar-refractivity contribution in [3.8, 4) is 0 Å². The maximum Gasteiger partial charge on any atom is 0.229 e. The van der Waals surface area contributed by atoms with Gasteiger partial charge in [-0.1, -0.05) is 46.8 Å². The van der Waals surface area contributed by atoms with Gasteiger partial charge in [0.25, 0.3) is 0 Å². The summed E-state index contributed by atoms with van der Waals surface area (Å²) in [4.78, 5) is 18.4. The second-order valence-electron chi connectivity index (χ2n) is 16.9. The standard InChI is InChI=1S/C37H62N2O2/c1-24(2)26-12-17-37(32(41)39-22-20-38(21-23-39)25(3)4)19-18-35(8)27(31(26)37)10-11-29-34(7)15-14-30(40)33(5,6)28(34)13-16-36(29,35)9/h25-31,40H,1,10-23H2,2-9H3/t26-,27+,28-,29+,30-,31+,34-,35+,36+,37-/m0/s1/i3D3,4D3. The lowest BCUT2D eigenvalue weighted by atomic mass is 9.32. The highest BCUT2D eigenvalue weighted by Crippen LogP contribution is 2.77. The third-order valence-corrected chi connectivity index (χ3v) is 15.4. The van der Waals surface area contributed by atoms with E-state index in [1.54, 1.807) is 4.90 Å². The molecule has 1 saturated heterocycles. The quantitative estimate of drug-likeness (QED) is 0.355. The average Bonchev–Trinajstić information content (AvgIpc) is 3.35. The van der Waals surface area contributed by atoms with Crippen LogP contribution in [0.3, 0.4) is 0 Å². The number of aliphatic hydroxyl groups is 1. The second-order valence-corrected chi connectivity index (χ2v) is 16.9. The second kappa shape index (κ2) is 9.82. The van der Waals surface area contributed by atoms with Crippen LogP contribution in [0, 0.1) is 56.7 Å². The fourth-order valence-electron chi connectivity index (χ4n) is 13.0. The monoisotopic (exact) mass is 573 g/mol. The maximum absolute atomic E-state index is 14.9. The zero-order valence-electron chi connectivity index (χ0n) is 32.9. The fraction of sp³-hybridized carbons (Fsp3) is 0.919. The Labute approximate surface area is 260 Å². The molecule has 4 nitrogen and oxygen atoms in total. The molecule has 0 unspecified atom stereocenters. The normalized spacial score (nSPS) is 52.3. The van der Waals surface area contributed by atoms with E-state index >= 15 is 0 Å². The molecule has 5 aliphatic carbocycles. The summed E-state index contributed by atoms with van der Waals surface area (Å²) in [5, 5.41) is 11.1. The van der Waals surface area contributed by atoms with Gasteiger partial charge in [-0.15, -0.1) is 0 Å². The molecule has 41 heavy (non-hydrogen) atoms. The Balaban J connectivity index is 1.28. The first-order valence-corrected chi connectivity index (χ1v) is 16.9. The van der Waals surface area contributed by atoms with Crippen LogP contribution in [0.1, 0.15) is 128 Å². The van der Waals surface area contributed by atoms with Crippen molar-refractivity contribution in [1.29, 1.82) is 0 Å². The van der Waals surface area contributed by atoms with Crippen molar-refractivity contribution >= 4 is 5.91 Å². The molecule has 4 heteroatoms. The van der Waals surface area contributed by atoms with E-state index in [-0.39, 0.29) is 52.7 Å². The van der Waals surface area contributed by atoms with Crippen molar-refractivity contribution in [1.82, 2.24) is 9.80 Å². The molecular formula is C37H62N2O2. The van der Waals surface area contributed by atoms with Gasteiger partial charge in [-0.05, 0) is 136 Å². The summed E-state index contributed by atoms with van der Waals surface area (Å²) in [6.45, 7) is 15.1. The van der Waals surface area contributed by atoms with Crippen molar-refractivity contribution in [3.63, 3.8) is 0 Å². The first kappa shape index (κ1) is 23.5. The topological polar surface area (TPSA) is 43.8 Å². The summed E-state index contributed by atoms with van der Waals surface area (Å²) >= 11 is 0. The van der Waals surface area contributed by atoms with Crippen LogP contribution < -0.4 is 0 Å². The summed E-state index contributed by atoms with van der Waals surface area (Å²) in [6.07, 6.45) is 10.2. The molecular weight excluding hydrogens is 504 g/mol. The number of aliphatic hydroxyl groups excluding tert-OH is 1. The Morgan fingerprint density at radius 1 is 0.854 bits per heavy atom. The lowest BCUT2D eigenvalue weighted by molar-refractivity contribution is -0.247. The van der Waals surface area contributed by atoms with E-state index in [1.807, 2.05) is 4.90 Å². The van der Waals surface area contributed by atoms with Crippen molar-refractivity contribution in [2.45, 2.75) is 132 Å². The molecule has 0 aromatic rings. The molecule has 0 radical (unpaired) electrons. The molecule has 1 heterocycles. The maximum atomic E-state index is 14.9. The smallest absolute Gasteiger partial charge is 0.229 e. The predicted molar refractivity (Wildman–Crippen MR) is 168 cm³/mol. The van der Waals surface area contributed by atoms with Gasteiger partial charge in [0.2, 0.25) is 5.91 Å². The molecule has 1 aliphatic heterocycles. The number of nitrogens with zero attached hydrogens (tertiary/aromatic N) is 2. The van der Waals surface area contributed by atoms with Crippen LogP contribution in [0.2, 0.25) is 0 Å². The minimum atomic E-state index is -2.62. The zero-order valence-corrected chi connectivity index (χ0v) is 26.9. The fourth-order valence-corrected chi connectivity index (χ4v) is 13.0. The molecule has 6 rings (SSSR count). The summed E-state index contributed by atoms with van der Waals surface area (Å²) in [5.74, 6) is 2.34. The van der Waals surface area contributed by atoms with E-state index in [1.165, 1.54) is 18.4 Å². The third-order valence-electron chi connectivity index (χ3n) is 15.4. The average molecular weight is 573 g/mol. The summed E-state index contributed by atoms with van der Waals surface area (Å²) < 4.78 is 47.6. The van der Waals surface area contributed by atoms with Crippen LogP contribution in [-0.2, 0) is 4.79 Å². The summed E-state index contributed by atoms with van der Waals surface area (Å²) in [7, 11) is 0. The third kappa shape index (κ3) is 4.00. The minimum absolute atomic E-state index is 0.0757. The highest BCUT2D eigenvalue weighted by Gasteiger charge is 2.72. The van der Waals surface area contributed by atoms with E-state index in [0.717, 1.165) is 51.4 Å². The molecule has 232 valence electrons. The van der Waals surface area contributed by atoms with Crippen LogP contribution in [0.25, 0.3) is 0 Å². The van der Waals surface area contributed by atoms with Crippen LogP contribution in [0.4, 0.5) is 0 Å². The van der Waals surface area contributed by atoms with Gasteiger partial charge in [0.15, 0.2) is 0 Å². The molecule has 1 N–H and O–H groups in total. The summed E-state index contributed by atoms with van der Waals surface area (Å²) in [5.41, 5.74) is 1.17. The molecule has 0 aromatic carbocycles. The Hall–Kier alpha value is -0.870. The number of allylic oxidation sites excluding steroid dienone is 1. The Morgan fingerprint density at radius 3 is 2.22 bits per heavy atom. The number of carbonyl (C=O) groups excluding carboxylic acids is 1. The molecule has 10 atom stereocenters. The van der Waals surface area contributed by atoms with Crippen LogP contribution in [0.15, 0.2) is 12.2 Å². The van der Waals surface area contributed by atoms with Gasteiger partial charge in [0.1, 0.15) is 0 Å². The number of rotatable bonds is 3. The van der Waals surface area contributed by atoms with Gasteiger partial charge >= 0.3 is 0 Å². The van der Waals surface area contributed by atoms with E-state index in [2.05, 4.69) is 48.1 Å². The van der Waals surface area contributed by atoms with Crippen LogP contribution in [-0.4, -0.2) is 59.1 Å². The number of hydrogen-bond donors (Lipinski definition) is 1. The largest absolute Gasteiger partial charge is 0.393 e. The van der Waals surface area contributed by atoms with Crippen LogP contribution >= 0.6 is 0 Å². The van der Waals surface area contributed by atoms with Gasteiger partial charge in [0, 0.05) is 40.4 Å². The Kier molecular flexibility index (Phi) is 5.63. The minimum Gasteiger partial charge on any atom is -0.393 e. The van der Waals surface area contributed by atoms with Gasteiger partial charge in [0.05, 0.1) is 11.5 Å². The Bertz CT molecular complexity index is 1240. The lowest BCUT2D eigenvalue weighted by Crippen LogP contribution is -2.67. The molecule has 5 saturated carbocycles. The predicted octanol–water partition coefficient (Wildman–Crippen LogP) is 7.56. The first-order chi connectivity index (χ1) is 21.6. The van der Waals surface area contributed by atoms with E-state index < -0.39 is 25.2 Å². The summed E-state index contributed by atoms with van der Waals surface area (Å²) in [6, 6.07) is -1.52. The van der Waals surface area contributed by atoms with Gasteiger partial charge in [-0.3, -0.25) is 9.69 Å². The number of hydrogen-bond acceptors (Lipinski definition) is 3. The number of carbonyl (C=O) groups is 1. The highest BCUT2D eigenvalue weighted by atomic mass is 16.3. The van der Waals surface area contributed by atoms with Crippen LogP contribution in [0.5, 0.6) is 0 Å². The first-order valence-electron chi connectivity index (χ1n) is 19.9. The van der Waals surface area contributed by atoms with Crippen molar-refractivity contribution in [3.05, 3.63) is 12.2 Å². The SMILES string of the molecule is [2H]C([2H])([2H])C(N1CCN(C(=O)[C@]23CC[C@@H](C(=C)C)[C@@H]2[C@H]2CC[C@@H]4[C@@]5(C)CC[C@H](O)C(C)(C)[C@@H]5CC[C@@]4(C)[C@]2(C)CC3)CC1)C([2H])([2H])[2H]. The molecule has 6 aliphatic rings. The van der Waals surface area contributed by atoms with E-state index in [4.69, 9.17) is 8.22 Å². The Morgan fingerprint density at radius 2 is 1.56 bits per heavy atom. The highest BCUT2D eigenvalue weighted by molar-refractivity contribution is 5.84. The molecule has 0 aromatic heterocycles. The van der Waals surface area contributed by atoms with Crippen molar-refractivity contribution in [2.75, 3.05) is 26.2 Å². The van der Waals surface area contributed by atoms with E-state index in [9.17, 15) is 9.90 Å². The van der Waals surface area contributed by atoms with Crippen molar-refractivity contribution in [2.24, 2.45) is 56.7 Å². The van der Waals surface area contributed by atoms with E-state index in [0.29, 0.717) is 36.8 Å². The lowest BCUT2D eigenvalue weighted by Gasteiger charge is -2.73. The van der Waals surface area contributed by atoms with Crippen molar-refractivity contribution < 1.29 is 18.1 Å². The number of piperazine rings is 1. The van der Waals surface area contributed by atoms with Gasteiger partial charge < -0.3 is 10.0 Å². The molecule has 1 amide bonds. The number of amides is 1. The molecule has 0 bridgehead atoms. The van der Waals surface area contributed by atoms with Gasteiger partial charge in [-0.2, -0.15) is 0 Å². The van der Waals surface area contributed by atoms with Gasteiger partial charge in [-0.25, -0.2) is 0 Å². The molecule has 0 spiro atoms.